The Hall–Kier alpha value is -3.72. The van der Waals surface area contributed by atoms with Gasteiger partial charge in [0.15, 0.2) is 11.5 Å². The number of benzene rings is 3. The van der Waals surface area contributed by atoms with Crippen LogP contribution < -0.4 is 23.8 Å². The van der Waals surface area contributed by atoms with Crippen molar-refractivity contribution in [1.82, 2.24) is 5.32 Å². The molecule has 0 saturated heterocycles. The van der Waals surface area contributed by atoms with Crippen LogP contribution in [0.5, 0.6) is 17.2 Å². The Morgan fingerprint density at radius 3 is 2.32 bits per heavy atom. The van der Waals surface area contributed by atoms with E-state index in [1.165, 1.54) is 32.4 Å². The number of carbonyl (C=O) groups excluding carboxylic acids is 1. The molecule has 0 fully saturated rings. The van der Waals surface area contributed by atoms with Crippen molar-refractivity contribution in [2.24, 2.45) is 0 Å². The molecule has 0 bridgehead atoms. The number of rotatable bonds is 11. The summed E-state index contributed by atoms with van der Waals surface area (Å²) in [7, 11) is -1.19. The summed E-state index contributed by atoms with van der Waals surface area (Å²) < 4.78 is 44.2. The van der Waals surface area contributed by atoms with E-state index in [0.29, 0.717) is 17.2 Å². The van der Waals surface area contributed by atoms with Crippen LogP contribution >= 0.6 is 0 Å². The molecule has 0 aliphatic heterocycles. The number of amides is 1. The zero-order valence-electron chi connectivity index (χ0n) is 19.4. The first-order valence-corrected chi connectivity index (χ1v) is 12.0. The van der Waals surface area contributed by atoms with Gasteiger partial charge in [0, 0.05) is 6.07 Å². The number of para-hydroxylation sites is 1. The Balaban J connectivity index is 1.74. The Morgan fingerprint density at radius 1 is 0.912 bits per heavy atom. The number of sulfonamides is 1. The molecule has 0 radical (unpaired) electrons. The smallest absolute Gasteiger partial charge is 0.264 e. The summed E-state index contributed by atoms with van der Waals surface area (Å²) >= 11 is 0. The van der Waals surface area contributed by atoms with Crippen LogP contribution in [0.25, 0.3) is 0 Å². The lowest BCUT2D eigenvalue weighted by molar-refractivity contribution is -0.119. The van der Waals surface area contributed by atoms with E-state index in [9.17, 15) is 13.2 Å². The van der Waals surface area contributed by atoms with Gasteiger partial charge in [-0.05, 0) is 48.9 Å². The number of anilines is 1. The molecule has 9 heteroatoms. The van der Waals surface area contributed by atoms with Crippen LogP contribution in [0.4, 0.5) is 5.69 Å². The second-order valence-corrected chi connectivity index (χ2v) is 9.24. The fraction of sp³-hybridized carbons (Fsp3) is 0.240. The molecule has 1 amide bonds. The van der Waals surface area contributed by atoms with Crippen LogP contribution in [-0.4, -0.2) is 48.2 Å². The molecular formula is C25H28N2O6S. The normalized spacial score (nSPS) is 10.9. The fourth-order valence-corrected chi connectivity index (χ4v) is 4.70. The minimum Gasteiger partial charge on any atom is -0.493 e. The second-order valence-electron chi connectivity index (χ2n) is 7.38. The number of methoxy groups -OCH3 is 2. The maximum absolute atomic E-state index is 13.5. The van der Waals surface area contributed by atoms with Gasteiger partial charge in [0.1, 0.15) is 18.9 Å². The van der Waals surface area contributed by atoms with E-state index in [1.54, 1.807) is 30.3 Å². The molecule has 3 aromatic carbocycles. The Morgan fingerprint density at radius 2 is 1.65 bits per heavy atom. The van der Waals surface area contributed by atoms with Crippen molar-refractivity contribution in [2.45, 2.75) is 11.8 Å². The van der Waals surface area contributed by atoms with E-state index in [0.717, 1.165) is 9.87 Å². The third-order valence-corrected chi connectivity index (χ3v) is 6.73. The monoisotopic (exact) mass is 484 g/mol. The number of aryl methyl sites for hydroxylation is 1. The van der Waals surface area contributed by atoms with Crippen molar-refractivity contribution >= 4 is 21.6 Å². The van der Waals surface area contributed by atoms with E-state index >= 15 is 0 Å². The van der Waals surface area contributed by atoms with Crippen molar-refractivity contribution in [1.29, 1.82) is 0 Å². The zero-order valence-corrected chi connectivity index (χ0v) is 20.2. The molecule has 0 aliphatic carbocycles. The van der Waals surface area contributed by atoms with Crippen molar-refractivity contribution in [3.63, 3.8) is 0 Å². The minimum absolute atomic E-state index is 0.0235. The quantitative estimate of drug-likeness (QED) is 0.419. The molecule has 1 N–H and O–H groups in total. The van der Waals surface area contributed by atoms with E-state index < -0.39 is 22.5 Å². The highest BCUT2D eigenvalue weighted by Crippen LogP contribution is 2.32. The van der Waals surface area contributed by atoms with Gasteiger partial charge in [-0.2, -0.15) is 0 Å². The van der Waals surface area contributed by atoms with Gasteiger partial charge in [-0.25, -0.2) is 8.42 Å². The number of nitrogens with zero attached hydrogens (tertiary/aromatic N) is 1. The lowest BCUT2D eigenvalue weighted by Gasteiger charge is -2.24. The van der Waals surface area contributed by atoms with Crippen molar-refractivity contribution in [3.05, 3.63) is 78.4 Å². The average Bonchev–Trinajstić information content (AvgIpc) is 2.85. The van der Waals surface area contributed by atoms with E-state index in [2.05, 4.69) is 5.32 Å². The molecule has 180 valence electrons. The zero-order chi connectivity index (χ0) is 24.6. The first kappa shape index (κ1) is 24.9. The van der Waals surface area contributed by atoms with E-state index in [1.807, 2.05) is 31.2 Å². The van der Waals surface area contributed by atoms with Crippen LogP contribution in [0.15, 0.2) is 77.7 Å². The maximum atomic E-state index is 13.5. The van der Waals surface area contributed by atoms with Crippen molar-refractivity contribution in [2.75, 3.05) is 38.2 Å². The highest BCUT2D eigenvalue weighted by atomic mass is 32.2. The molecule has 34 heavy (non-hydrogen) atoms. The highest BCUT2D eigenvalue weighted by molar-refractivity contribution is 7.92. The van der Waals surface area contributed by atoms with Crippen molar-refractivity contribution in [3.8, 4) is 17.2 Å². The lowest BCUT2D eigenvalue weighted by Crippen LogP contribution is -2.41. The van der Waals surface area contributed by atoms with Crippen LogP contribution in [0.2, 0.25) is 0 Å². The first-order valence-electron chi connectivity index (χ1n) is 10.6. The molecule has 0 aliphatic rings. The third-order valence-electron chi connectivity index (χ3n) is 4.96. The largest absolute Gasteiger partial charge is 0.493 e. The summed E-state index contributed by atoms with van der Waals surface area (Å²) in [5, 5.41) is 2.72. The van der Waals surface area contributed by atoms with E-state index in [-0.39, 0.29) is 23.8 Å². The highest BCUT2D eigenvalue weighted by Gasteiger charge is 2.28. The first-order chi connectivity index (χ1) is 16.3. The second kappa shape index (κ2) is 11.4. The molecule has 0 heterocycles. The summed E-state index contributed by atoms with van der Waals surface area (Å²) in [5.74, 6) is 0.922. The van der Waals surface area contributed by atoms with Gasteiger partial charge in [0.2, 0.25) is 5.91 Å². The van der Waals surface area contributed by atoms with Gasteiger partial charge in [-0.1, -0.05) is 30.3 Å². The Labute approximate surface area is 200 Å². The van der Waals surface area contributed by atoms with E-state index in [4.69, 9.17) is 14.2 Å². The average molecular weight is 485 g/mol. The van der Waals surface area contributed by atoms with Crippen LogP contribution in [0.3, 0.4) is 0 Å². The van der Waals surface area contributed by atoms with Gasteiger partial charge < -0.3 is 19.5 Å². The Bertz CT molecular complexity index is 1220. The summed E-state index contributed by atoms with van der Waals surface area (Å²) in [4.78, 5) is 12.7. The summed E-state index contributed by atoms with van der Waals surface area (Å²) in [6.45, 7) is 2.05. The van der Waals surface area contributed by atoms with Gasteiger partial charge in [-0.15, -0.1) is 0 Å². The molecule has 3 aromatic rings. The number of hydrogen-bond donors (Lipinski definition) is 1. The molecule has 0 spiro atoms. The fourth-order valence-electron chi connectivity index (χ4n) is 3.26. The predicted octanol–water partition coefficient (Wildman–Crippen LogP) is 3.40. The molecule has 0 aromatic heterocycles. The molecule has 3 rings (SSSR count). The maximum Gasteiger partial charge on any atom is 0.264 e. The number of carbonyl (C=O) groups is 1. The summed E-state index contributed by atoms with van der Waals surface area (Å²) in [5.41, 5.74) is 1.43. The molecule has 8 nitrogen and oxygen atoms in total. The van der Waals surface area contributed by atoms with Gasteiger partial charge >= 0.3 is 0 Å². The number of nitrogens with one attached hydrogen (secondary N) is 1. The predicted molar refractivity (Wildman–Crippen MR) is 130 cm³/mol. The lowest BCUT2D eigenvalue weighted by atomic mass is 10.2. The summed E-state index contributed by atoms with van der Waals surface area (Å²) in [6.07, 6.45) is 0. The van der Waals surface area contributed by atoms with Gasteiger partial charge in [-0.3, -0.25) is 9.10 Å². The van der Waals surface area contributed by atoms with Crippen LogP contribution in [0, 0.1) is 6.92 Å². The Kier molecular flexibility index (Phi) is 8.37. The molecule has 0 atom stereocenters. The summed E-state index contributed by atoms with van der Waals surface area (Å²) in [6, 6.07) is 20.3. The van der Waals surface area contributed by atoms with Crippen LogP contribution in [0.1, 0.15) is 5.56 Å². The number of ether oxygens (including phenoxy) is 3. The van der Waals surface area contributed by atoms with Crippen LogP contribution in [-0.2, 0) is 14.8 Å². The topological polar surface area (TPSA) is 94.2 Å². The molecule has 0 saturated carbocycles. The van der Waals surface area contributed by atoms with Gasteiger partial charge in [0.25, 0.3) is 10.0 Å². The molecular weight excluding hydrogens is 456 g/mol. The third kappa shape index (κ3) is 6.20. The number of hydrogen-bond acceptors (Lipinski definition) is 6. The molecule has 0 unspecified atom stereocenters. The van der Waals surface area contributed by atoms with Gasteiger partial charge in [0.05, 0.1) is 31.3 Å². The van der Waals surface area contributed by atoms with Crippen molar-refractivity contribution < 1.29 is 27.4 Å². The standard InChI is InChI=1S/C25H28N2O6S/c1-19-8-7-11-21(16-19)33-15-14-26-25(28)18-27(20-9-5-4-6-10-20)34(29,30)22-12-13-23(31-2)24(17-22)32-3/h4-13,16-17H,14-15,18H2,1-3H3,(H,26,28). The SMILES string of the molecule is COc1ccc(S(=O)(=O)N(CC(=O)NCCOc2cccc(C)c2)c2ccccc2)cc1OC. The minimum atomic E-state index is -4.08.